The van der Waals surface area contributed by atoms with Crippen molar-refractivity contribution >= 4 is 16.7 Å². The number of benzene rings is 1. The largest absolute Gasteiger partial charge is 0.395 e. The molecule has 0 spiro atoms. The smallest absolute Gasteiger partial charge is 0.147 e. The zero-order chi connectivity index (χ0) is 14.9. The number of nitrogens with one attached hydrogen (secondary N) is 1. The minimum atomic E-state index is 0.559. The van der Waals surface area contributed by atoms with Crippen LogP contribution in [0, 0.1) is 11.3 Å². The summed E-state index contributed by atoms with van der Waals surface area (Å²) in [5.74, 6) is 0. The maximum Gasteiger partial charge on any atom is 0.147 e. The molecule has 106 valence electrons. The van der Waals surface area contributed by atoms with E-state index in [-0.39, 0.29) is 0 Å². The van der Waals surface area contributed by atoms with Gasteiger partial charge in [0.25, 0.3) is 0 Å². The van der Waals surface area contributed by atoms with Gasteiger partial charge in [-0.3, -0.25) is 4.57 Å². The number of rotatable bonds is 2. The molecule has 0 atom stereocenters. The first-order valence-corrected chi connectivity index (χ1v) is 6.71. The van der Waals surface area contributed by atoms with E-state index < -0.39 is 0 Å². The van der Waals surface area contributed by atoms with E-state index in [1.54, 1.807) is 23.6 Å². The number of hydrogen-bond acceptors (Lipinski definition) is 5. The molecule has 1 aliphatic heterocycles. The first-order valence-electron chi connectivity index (χ1n) is 6.71. The van der Waals surface area contributed by atoms with Crippen molar-refractivity contribution in [1.82, 2.24) is 15.1 Å². The van der Waals surface area contributed by atoms with Gasteiger partial charge in [-0.1, -0.05) is 23.8 Å². The van der Waals surface area contributed by atoms with Gasteiger partial charge in [0.05, 0.1) is 22.8 Å². The van der Waals surface area contributed by atoms with Crippen molar-refractivity contribution in [3.8, 4) is 11.8 Å². The van der Waals surface area contributed by atoms with Crippen LogP contribution >= 0.6 is 0 Å². The van der Waals surface area contributed by atoms with Crippen molar-refractivity contribution in [1.29, 1.82) is 5.26 Å². The van der Waals surface area contributed by atoms with Gasteiger partial charge >= 0.3 is 0 Å². The molecular formula is C16H11N5O. The average molecular weight is 289 g/mol. The molecule has 0 bridgehead atoms. The van der Waals surface area contributed by atoms with Gasteiger partial charge in [0.1, 0.15) is 18.0 Å². The molecule has 2 aromatic heterocycles. The average Bonchev–Trinajstić information content (AvgIpc) is 3.23. The first kappa shape index (κ1) is 12.4. The molecule has 0 saturated carbocycles. The van der Waals surface area contributed by atoms with E-state index in [1.165, 1.54) is 6.26 Å². The number of anilines is 1. The summed E-state index contributed by atoms with van der Waals surface area (Å²) in [6, 6.07) is 13.9. The minimum absolute atomic E-state index is 0.559. The van der Waals surface area contributed by atoms with Gasteiger partial charge in [0, 0.05) is 18.1 Å². The van der Waals surface area contributed by atoms with Crippen LogP contribution in [-0.2, 0) is 4.84 Å². The van der Waals surface area contributed by atoms with Gasteiger partial charge < -0.3 is 4.84 Å². The van der Waals surface area contributed by atoms with E-state index in [2.05, 4.69) is 16.6 Å². The Bertz CT molecular complexity index is 907. The van der Waals surface area contributed by atoms with Crippen LogP contribution in [0.15, 0.2) is 61.3 Å². The Balaban J connectivity index is 2.00. The predicted octanol–water partition coefficient (Wildman–Crippen LogP) is 2.62. The molecule has 0 radical (unpaired) electrons. The number of nitriles is 1. The number of nitrogens with zero attached hydrogens (tertiary/aromatic N) is 4. The Morgan fingerprint density at radius 2 is 2.05 bits per heavy atom. The van der Waals surface area contributed by atoms with Crippen molar-refractivity contribution < 1.29 is 4.84 Å². The maximum atomic E-state index is 9.48. The second-order valence-corrected chi connectivity index (χ2v) is 4.75. The highest BCUT2D eigenvalue weighted by atomic mass is 16.7. The van der Waals surface area contributed by atoms with E-state index in [0.29, 0.717) is 5.56 Å². The Hall–Kier alpha value is -3.30. The highest BCUT2D eigenvalue weighted by Gasteiger charge is 2.19. The zero-order valence-electron chi connectivity index (χ0n) is 11.5. The summed E-state index contributed by atoms with van der Waals surface area (Å²) in [6.45, 7) is 0. The molecule has 3 aromatic rings. The molecule has 4 rings (SSSR count). The van der Waals surface area contributed by atoms with Crippen molar-refractivity contribution in [3.63, 3.8) is 0 Å². The summed E-state index contributed by atoms with van der Waals surface area (Å²) in [5, 5.41) is 12.0. The summed E-state index contributed by atoms with van der Waals surface area (Å²) in [7, 11) is 0. The van der Waals surface area contributed by atoms with Crippen molar-refractivity contribution in [2.45, 2.75) is 0 Å². The highest BCUT2D eigenvalue weighted by Crippen LogP contribution is 2.31. The predicted molar refractivity (Wildman–Crippen MR) is 81.6 cm³/mol. The van der Waals surface area contributed by atoms with Crippen LogP contribution in [0.25, 0.3) is 16.7 Å². The molecule has 0 fully saturated rings. The van der Waals surface area contributed by atoms with Crippen LogP contribution < -0.4 is 10.6 Å². The van der Waals surface area contributed by atoms with Crippen LogP contribution in [0.5, 0.6) is 0 Å². The third kappa shape index (κ3) is 1.81. The van der Waals surface area contributed by atoms with Gasteiger partial charge in [0.15, 0.2) is 0 Å². The minimum Gasteiger partial charge on any atom is -0.395 e. The monoisotopic (exact) mass is 289 g/mol. The fourth-order valence-electron chi connectivity index (χ4n) is 2.55. The third-order valence-corrected chi connectivity index (χ3v) is 3.51. The maximum absolute atomic E-state index is 9.48. The number of aromatic nitrogens is 2. The van der Waals surface area contributed by atoms with Crippen molar-refractivity contribution in [2.24, 2.45) is 0 Å². The van der Waals surface area contributed by atoms with E-state index in [1.807, 2.05) is 41.0 Å². The number of para-hydroxylation sites is 1. The molecule has 0 aliphatic carbocycles. The summed E-state index contributed by atoms with van der Waals surface area (Å²) in [4.78, 5) is 9.46. The number of pyridine rings is 1. The molecule has 6 heteroatoms. The fraction of sp³-hybridized carbons (Fsp3) is 0. The molecule has 1 N–H and O–H groups in total. The fourth-order valence-corrected chi connectivity index (χ4v) is 2.55. The normalized spacial score (nSPS) is 13.3. The summed E-state index contributed by atoms with van der Waals surface area (Å²) in [6.07, 6.45) is 6.80. The zero-order valence-corrected chi connectivity index (χ0v) is 11.5. The lowest BCUT2D eigenvalue weighted by Gasteiger charge is -2.15. The number of hydrogen-bond donors (Lipinski definition) is 1. The number of fused-ring (bicyclic) bond motifs is 1. The van der Waals surface area contributed by atoms with Crippen LogP contribution in [0.3, 0.4) is 0 Å². The molecule has 6 nitrogen and oxygen atoms in total. The lowest BCUT2D eigenvalue weighted by atomic mass is 10.2. The molecule has 22 heavy (non-hydrogen) atoms. The summed E-state index contributed by atoms with van der Waals surface area (Å²) in [5.41, 5.74) is 5.79. The van der Waals surface area contributed by atoms with Gasteiger partial charge in [-0.25, -0.2) is 9.99 Å². The second kappa shape index (κ2) is 4.91. The highest BCUT2D eigenvalue weighted by molar-refractivity contribution is 5.96. The molecule has 1 aromatic carbocycles. The molecule has 0 amide bonds. The van der Waals surface area contributed by atoms with Crippen molar-refractivity contribution in [3.05, 3.63) is 66.8 Å². The second-order valence-electron chi connectivity index (χ2n) is 4.75. The Kier molecular flexibility index (Phi) is 2.78. The summed E-state index contributed by atoms with van der Waals surface area (Å²) < 4.78 is 1.91. The number of hydrazine groups is 1. The van der Waals surface area contributed by atoms with E-state index in [4.69, 9.17) is 4.84 Å². The van der Waals surface area contributed by atoms with E-state index >= 15 is 0 Å². The SMILES string of the molecule is N#Cc1cn(-c2ccccc2)c2nccc(N3C=CON3)c12. The third-order valence-electron chi connectivity index (χ3n) is 3.51. The standard InChI is InChI=1S/C16H11N5O/c17-10-12-11-20(13-4-2-1-3-5-13)16-15(12)14(6-7-18-16)21-8-9-22-19-21/h1-9,11,19H. The van der Waals surface area contributed by atoms with Crippen LogP contribution in [0.2, 0.25) is 0 Å². The molecule has 1 aliphatic rings. The Labute approximate surface area is 126 Å². The molecule has 0 saturated heterocycles. The summed E-state index contributed by atoms with van der Waals surface area (Å²) >= 11 is 0. The lowest BCUT2D eigenvalue weighted by Crippen LogP contribution is -2.27. The van der Waals surface area contributed by atoms with Crippen LogP contribution in [-0.4, -0.2) is 9.55 Å². The Morgan fingerprint density at radius 3 is 2.77 bits per heavy atom. The molecule has 0 unspecified atom stereocenters. The Morgan fingerprint density at radius 1 is 1.18 bits per heavy atom. The van der Waals surface area contributed by atoms with Crippen LogP contribution in [0.4, 0.5) is 5.69 Å². The molecular weight excluding hydrogens is 278 g/mol. The quantitative estimate of drug-likeness (QED) is 0.785. The topological polar surface area (TPSA) is 66.1 Å². The van der Waals surface area contributed by atoms with E-state index in [9.17, 15) is 5.26 Å². The van der Waals surface area contributed by atoms with Gasteiger partial charge in [0.2, 0.25) is 0 Å². The van der Waals surface area contributed by atoms with Crippen LogP contribution in [0.1, 0.15) is 5.56 Å². The van der Waals surface area contributed by atoms with E-state index in [0.717, 1.165) is 22.4 Å². The molecule has 3 heterocycles. The first-order chi connectivity index (χ1) is 10.9. The lowest BCUT2D eigenvalue weighted by molar-refractivity contribution is 0.159. The van der Waals surface area contributed by atoms with Gasteiger partial charge in [-0.2, -0.15) is 5.26 Å². The van der Waals surface area contributed by atoms with Gasteiger partial charge in [-0.05, 0) is 18.2 Å². The van der Waals surface area contributed by atoms with Crippen molar-refractivity contribution in [2.75, 3.05) is 5.01 Å². The van der Waals surface area contributed by atoms with Gasteiger partial charge in [-0.15, -0.1) is 0 Å².